The number of amides is 1. The number of anilines is 1. The molecule has 3 heterocycles. The SMILES string of the molecule is Cl.O=C(C1COc2ccccc2O1)N(CCN1CCOCC1)c1nc2c(F)cc(F)cc2s1. The van der Waals surface area contributed by atoms with Crippen LogP contribution in [0.3, 0.4) is 0 Å². The summed E-state index contributed by atoms with van der Waals surface area (Å²) < 4.78 is 45.3. The number of hydrogen-bond acceptors (Lipinski definition) is 7. The van der Waals surface area contributed by atoms with Crippen molar-refractivity contribution in [3.63, 3.8) is 0 Å². The quantitative estimate of drug-likeness (QED) is 0.537. The van der Waals surface area contributed by atoms with Gasteiger partial charge in [0.1, 0.15) is 17.9 Å². The van der Waals surface area contributed by atoms with E-state index in [1.165, 1.54) is 11.0 Å². The Balaban J connectivity index is 0.00000259. The third-order valence-electron chi connectivity index (χ3n) is 5.43. The Hall–Kier alpha value is -2.53. The fourth-order valence-electron chi connectivity index (χ4n) is 3.74. The average Bonchev–Trinajstić information content (AvgIpc) is 3.23. The minimum atomic E-state index is -0.872. The first kappa shape index (κ1) is 23.6. The Morgan fingerprint density at radius 2 is 1.94 bits per heavy atom. The maximum Gasteiger partial charge on any atom is 0.273 e. The summed E-state index contributed by atoms with van der Waals surface area (Å²) in [7, 11) is 0. The van der Waals surface area contributed by atoms with Crippen molar-refractivity contribution < 1.29 is 27.8 Å². The molecule has 7 nitrogen and oxygen atoms in total. The van der Waals surface area contributed by atoms with Crippen molar-refractivity contribution >= 4 is 45.0 Å². The van der Waals surface area contributed by atoms with E-state index in [-0.39, 0.29) is 30.4 Å². The Bertz CT molecular complexity index is 1140. The molecule has 0 radical (unpaired) electrons. The van der Waals surface area contributed by atoms with Crippen LogP contribution in [0.4, 0.5) is 13.9 Å². The Morgan fingerprint density at radius 1 is 1.18 bits per heavy atom. The fraction of sp³-hybridized carbons (Fsp3) is 0.364. The summed E-state index contributed by atoms with van der Waals surface area (Å²) in [5.41, 5.74) is 0.0433. The molecule has 5 rings (SSSR count). The van der Waals surface area contributed by atoms with Crippen LogP contribution < -0.4 is 14.4 Å². The Labute approximate surface area is 199 Å². The minimum absolute atomic E-state index is 0. The van der Waals surface area contributed by atoms with E-state index in [1.54, 1.807) is 18.2 Å². The number of ether oxygens (including phenoxy) is 3. The number of benzene rings is 2. The number of aromatic nitrogens is 1. The van der Waals surface area contributed by atoms with Gasteiger partial charge in [0.05, 0.1) is 17.9 Å². The lowest BCUT2D eigenvalue weighted by Crippen LogP contribution is -2.49. The average molecular weight is 498 g/mol. The minimum Gasteiger partial charge on any atom is -0.485 e. The zero-order valence-electron chi connectivity index (χ0n) is 17.5. The van der Waals surface area contributed by atoms with Crippen LogP contribution in [-0.4, -0.2) is 67.9 Å². The lowest BCUT2D eigenvalue weighted by Gasteiger charge is -2.32. The van der Waals surface area contributed by atoms with Crippen molar-refractivity contribution in [1.29, 1.82) is 0 Å². The highest BCUT2D eigenvalue weighted by molar-refractivity contribution is 7.22. The van der Waals surface area contributed by atoms with Gasteiger partial charge in [0.2, 0.25) is 6.10 Å². The van der Waals surface area contributed by atoms with E-state index in [0.717, 1.165) is 30.5 Å². The summed E-state index contributed by atoms with van der Waals surface area (Å²) in [4.78, 5) is 21.5. The predicted molar refractivity (Wildman–Crippen MR) is 123 cm³/mol. The summed E-state index contributed by atoms with van der Waals surface area (Å²) in [6, 6.07) is 9.16. The van der Waals surface area contributed by atoms with Crippen molar-refractivity contribution in [2.24, 2.45) is 0 Å². The monoisotopic (exact) mass is 497 g/mol. The lowest BCUT2D eigenvalue weighted by atomic mass is 10.2. The Morgan fingerprint density at radius 3 is 2.73 bits per heavy atom. The van der Waals surface area contributed by atoms with Gasteiger partial charge in [0, 0.05) is 32.2 Å². The van der Waals surface area contributed by atoms with Crippen LogP contribution in [0.2, 0.25) is 0 Å². The number of carbonyl (C=O) groups is 1. The summed E-state index contributed by atoms with van der Waals surface area (Å²) in [6.07, 6.45) is -0.872. The van der Waals surface area contributed by atoms with Crippen LogP contribution in [0.5, 0.6) is 11.5 Å². The molecule has 0 aliphatic carbocycles. The number of rotatable bonds is 5. The highest BCUT2D eigenvalue weighted by atomic mass is 35.5. The third-order valence-corrected chi connectivity index (χ3v) is 6.45. The molecular formula is C22H22ClF2N3O4S. The topological polar surface area (TPSA) is 64.1 Å². The fourth-order valence-corrected chi connectivity index (χ4v) is 4.78. The van der Waals surface area contributed by atoms with E-state index >= 15 is 0 Å². The molecule has 1 amide bonds. The van der Waals surface area contributed by atoms with E-state index in [4.69, 9.17) is 14.2 Å². The largest absolute Gasteiger partial charge is 0.485 e. The van der Waals surface area contributed by atoms with E-state index in [2.05, 4.69) is 9.88 Å². The maximum absolute atomic E-state index is 14.3. The molecule has 0 spiro atoms. The van der Waals surface area contributed by atoms with Gasteiger partial charge in [0.25, 0.3) is 5.91 Å². The van der Waals surface area contributed by atoms with Crippen LogP contribution in [0, 0.1) is 11.6 Å². The van der Waals surface area contributed by atoms with Gasteiger partial charge in [-0.1, -0.05) is 23.5 Å². The molecule has 0 bridgehead atoms. The molecule has 1 fully saturated rings. The molecule has 2 aromatic carbocycles. The van der Waals surface area contributed by atoms with Gasteiger partial charge in [-0.25, -0.2) is 13.8 Å². The zero-order valence-corrected chi connectivity index (χ0v) is 19.2. The molecular weight excluding hydrogens is 476 g/mol. The third kappa shape index (κ3) is 5.03. The number of morpholine rings is 1. The number of hydrogen-bond donors (Lipinski definition) is 0. The van der Waals surface area contributed by atoms with Gasteiger partial charge in [-0.3, -0.25) is 14.6 Å². The highest BCUT2D eigenvalue weighted by Crippen LogP contribution is 2.34. The van der Waals surface area contributed by atoms with Crippen LogP contribution in [0.25, 0.3) is 10.2 Å². The standard InChI is InChI=1S/C22H21F2N3O4S.ClH/c23-14-11-15(24)20-19(12-14)32-22(25-20)27(6-5-26-7-9-29-10-8-26)21(28)18-13-30-16-3-1-2-4-17(16)31-18;/h1-4,11-12,18H,5-10,13H2;1H. The molecule has 1 saturated heterocycles. The summed E-state index contributed by atoms with van der Waals surface area (Å²) in [5, 5.41) is 0.296. The molecule has 1 aromatic heterocycles. The van der Waals surface area contributed by atoms with Gasteiger partial charge >= 0.3 is 0 Å². The molecule has 0 N–H and O–H groups in total. The molecule has 11 heteroatoms. The van der Waals surface area contributed by atoms with E-state index in [0.29, 0.717) is 47.6 Å². The van der Waals surface area contributed by atoms with Crippen molar-refractivity contribution in [1.82, 2.24) is 9.88 Å². The number of nitrogens with zero attached hydrogens (tertiary/aromatic N) is 3. The van der Waals surface area contributed by atoms with Crippen molar-refractivity contribution in [3.05, 3.63) is 48.0 Å². The van der Waals surface area contributed by atoms with Crippen LogP contribution in [-0.2, 0) is 9.53 Å². The van der Waals surface area contributed by atoms with Crippen molar-refractivity contribution in [2.75, 3.05) is 50.9 Å². The number of para-hydroxylation sites is 2. The number of thiazole rings is 1. The van der Waals surface area contributed by atoms with Crippen LogP contribution in [0.1, 0.15) is 0 Å². The zero-order chi connectivity index (χ0) is 22.1. The smallest absolute Gasteiger partial charge is 0.273 e. The number of halogens is 3. The van der Waals surface area contributed by atoms with Crippen LogP contribution in [0.15, 0.2) is 36.4 Å². The molecule has 0 saturated carbocycles. The maximum atomic E-state index is 14.3. The molecule has 2 aliphatic heterocycles. The van der Waals surface area contributed by atoms with Crippen molar-refractivity contribution in [2.45, 2.75) is 6.10 Å². The summed E-state index contributed by atoms with van der Waals surface area (Å²) >= 11 is 1.07. The van der Waals surface area contributed by atoms with E-state index in [9.17, 15) is 13.6 Å². The lowest BCUT2D eigenvalue weighted by molar-refractivity contribution is -0.127. The second kappa shape index (κ2) is 10.2. The van der Waals surface area contributed by atoms with Gasteiger partial charge in [-0.2, -0.15) is 0 Å². The predicted octanol–water partition coefficient (Wildman–Crippen LogP) is 3.50. The highest BCUT2D eigenvalue weighted by Gasteiger charge is 2.33. The van der Waals surface area contributed by atoms with E-state index < -0.39 is 17.7 Å². The number of fused-ring (bicyclic) bond motifs is 2. The number of carbonyl (C=O) groups excluding carboxylic acids is 1. The molecule has 1 atom stereocenters. The van der Waals surface area contributed by atoms with Gasteiger partial charge < -0.3 is 14.2 Å². The molecule has 3 aromatic rings. The molecule has 2 aliphatic rings. The second-order valence-electron chi connectivity index (χ2n) is 7.54. The molecule has 33 heavy (non-hydrogen) atoms. The van der Waals surface area contributed by atoms with E-state index in [1.807, 2.05) is 6.07 Å². The van der Waals surface area contributed by atoms with Gasteiger partial charge in [0.15, 0.2) is 22.4 Å². The first-order valence-corrected chi connectivity index (χ1v) is 11.2. The van der Waals surface area contributed by atoms with Crippen LogP contribution >= 0.6 is 23.7 Å². The van der Waals surface area contributed by atoms with Gasteiger partial charge in [-0.15, -0.1) is 12.4 Å². The summed E-state index contributed by atoms with van der Waals surface area (Å²) in [5.74, 6) is -0.712. The summed E-state index contributed by atoms with van der Waals surface area (Å²) in [6.45, 7) is 3.76. The first-order chi connectivity index (χ1) is 15.6. The molecule has 176 valence electrons. The second-order valence-corrected chi connectivity index (χ2v) is 8.55. The molecule has 1 unspecified atom stereocenters. The van der Waals surface area contributed by atoms with Gasteiger partial charge in [-0.05, 0) is 18.2 Å². The normalized spacial score (nSPS) is 18.1. The first-order valence-electron chi connectivity index (χ1n) is 10.3. The Kier molecular flexibility index (Phi) is 7.28. The van der Waals surface area contributed by atoms with Crippen molar-refractivity contribution in [3.8, 4) is 11.5 Å².